The Morgan fingerprint density at radius 2 is 1.91 bits per heavy atom. The van der Waals surface area contributed by atoms with Crippen LogP contribution in [0.25, 0.3) is 10.2 Å². The molecule has 0 atom stereocenters. The van der Waals surface area contributed by atoms with Crippen molar-refractivity contribution in [2.45, 2.75) is 6.92 Å². The van der Waals surface area contributed by atoms with E-state index in [1.165, 1.54) is 11.3 Å². The van der Waals surface area contributed by atoms with Crippen LogP contribution >= 0.6 is 11.3 Å². The standard InChI is InChI=1S/C18H18N2O2S/c1-13-7-9-14(10-8-13)17(21)20(11-12-22-2)18-19-15-5-3-4-6-16(15)23-18/h3-10H,11-12H2,1-2H3. The number of thiazole rings is 1. The second-order valence-corrected chi connectivity index (χ2v) is 6.29. The fraction of sp³-hybridized carbons (Fsp3) is 0.222. The van der Waals surface area contributed by atoms with Crippen LogP contribution in [0.3, 0.4) is 0 Å². The number of carbonyl (C=O) groups excluding carboxylic acids is 1. The third-order valence-corrected chi connectivity index (χ3v) is 4.64. The van der Waals surface area contributed by atoms with Crippen LogP contribution in [0.15, 0.2) is 48.5 Å². The molecule has 0 bridgehead atoms. The van der Waals surface area contributed by atoms with Crippen LogP contribution in [0.5, 0.6) is 0 Å². The first-order valence-corrected chi connectivity index (χ1v) is 8.24. The monoisotopic (exact) mass is 326 g/mol. The predicted molar refractivity (Wildman–Crippen MR) is 94.4 cm³/mol. The average molecular weight is 326 g/mol. The highest BCUT2D eigenvalue weighted by atomic mass is 32.1. The van der Waals surface area contributed by atoms with Gasteiger partial charge < -0.3 is 4.74 Å². The molecule has 1 aromatic heterocycles. The number of carbonyl (C=O) groups is 1. The Labute approximate surface area is 139 Å². The van der Waals surface area contributed by atoms with Crippen LogP contribution in [-0.4, -0.2) is 31.2 Å². The van der Waals surface area contributed by atoms with Crippen LogP contribution in [0, 0.1) is 6.92 Å². The van der Waals surface area contributed by atoms with Crippen molar-refractivity contribution in [3.8, 4) is 0 Å². The lowest BCUT2D eigenvalue weighted by Crippen LogP contribution is -2.33. The summed E-state index contributed by atoms with van der Waals surface area (Å²) < 4.78 is 6.23. The number of aromatic nitrogens is 1. The van der Waals surface area contributed by atoms with E-state index < -0.39 is 0 Å². The Hall–Kier alpha value is -2.24. The van der Waals surface area contributed by atoms with Crippen molar-refractivity contribution in [2.24, 2.45) is 0 Å². The maximum atomic E-state index is 12.9. The maximum Gasteiger partial charge on any atom is 0.260 e. The van der Waals surface area contributed by atoms with Gasteiger partial charge in [0, 0.05) is 12.7 Å². The number of methoxy groups -OCH3 is 1. The first kappa shape index (κ1) is 15.6. The molecular weight excluding hydrogens is 308 g/mol. The molecule has 3 rings (SSSR count). The number of anilines is 1. The number of fused-ring (bicyclic) bond motifs is 1. The molecule has 0 saturated heterocycles. The lowest BCUT2D eigenvalue weighted by atomic mass is 10.1. The number of aryl methyl sites for hydroxylation is 1. The van der Waals surface area contributed by atoms with Gasteiger partial charge in [-0.1, -0.05) is 41.2 Å². The van der Waals surface area contributed by atoms with Crippen molar-refractivity contribution in [1.82, 2.24) is 4.98 Å². The summed E-state index contributed by atoms with van der Waals surface area (Å²) in [6.45, 7) is 2.95. The minimum atomic E-state index is -0.0545. The Bertz CT molecular complexity index is 778. The summed E-state index contributed by atoms with van der Waals surface area (Å²) >= 11 is 1.52. The lowest BCUT2D eigenvalue weighted by Gasteiger charge is -2.19. The quantitative estimate of drug-likeness (QED) is 0.714. The zero-order valence-electron chi connectivity index (χ0n) is 13.2. The van der Waals surface area contributed by atoms with Crippen molar-refractivity contribution in [3.05, 3.63) is 59.7 Å². The van der Waals surface area contributed by atoms with Gasteiger partial charge in [-0.2, -0.15) is 0 Å². The number of rotatable bonds is 5. The second-order valence-electron chi connectivity index (χ2n) is 5.28. The van der Waals surface area contributed by atoms with Gasteiger partial charge in [-0.15, -0.1) is 0 Å². The van der Waals surface area contributed by atoms with E-state index in [0.717, 1.165) is 15.8 Å². The van der Waals surface area contributed by atoms with E-state index in [9.17, 15) is 4.79 Å². The SMILES string of the molecule is COCCN(C(=O)c1ccc(C)cc1)c1nc2ccccc2s1. The molecule has 0 aliphatic heterocycles. The molecule has 0 aliphatic rings. The molecule has 1 amide bonds. The molecular formula is C18H18N2O2S. The van der Waals surface area contributed by atoms with Gasteiger partial charge in [-0.05, 0) is 31.2 Å². The summed E-state index contributed by atoms with van der Waals surface area (Å²) in [6.07, 6.45) is 0. The Morgan fingerprint density at radius 1 is 1.17 bits per heavy atom. The van der Waals surface area contributed by atoms with Crippen molar-refractivity contribution in [2.75, 3.05) is 25.2 Å². The molecule has 3 aromatic rings. The first-order valence-electron chi connectivity index (χ1n) is 7.42. The third kappa shape index (κ3) is 3.41. The fourth-order valence-corrected chi connectivity index (χ4v) is 3.28. The molecule has 0 aliphatic carbocycles. The highest BCUT2D eigenvalue weighted by Crippen LogP contribution is 2.29. The van der Waals surface area contributed by atoms with Crippen LogP contribution in [-0.2, 0) is 4.74 Å². The molecule has 23 heavy (non-hydrogen) atoms. The fourth-order valence-electron chi connectivity index (χ4n) is 2.29. The van der Waals surface area contributed by atoms with Crippen LogP contribution < -0.4 is 4.90 Å². The molecule has 0 unspecified atom stereocenters. The molecule has 4 nitrogen and oxygen atoms in total. The highest BCUT2D eigenvalue weighted by molar-refractivity contribution is 7.22. The number of ether oxygens (including phenoxy) is 1. The Balaban J connectivity index is 1.96. The van der Waals surface area contributed by atoms with Crippen molar-refractivity contribution in [3.63, 3.8) is 0 Å². The average Bonchev–Trinajstić information content (AvgIpc) is 2.99. The highest BCUT2D eigenvalue weighted by Gasteiger charge is 2.20. The molecule has 5 heteroatoms. The molecule has 1 heterocycles. The minimum Gasteiger partial charge on any atom is -0.383 e. The largest absolute Gasteiger partial charge is 0.383 e. The molecule has 0 spiro atoms. The topological polar surface area (TPSA) is 42.4 Å². The first-order chi connectivity index (χ1) is 11.2. The number of para-hydroxylation sites is 1. The second kappa shape index (κ2) is 6.89. The van der Waals surface area contributed by atoms with Gasteiger partial charge in [0.1, 0.15) is 0 Å². The van der Waals surface area contributed by atoms with E-state index in [2.05, 4.69) is 4.98 Å². The summed E-state index contributed by atoms with van der Waals surface area (Å²) in [5.74, 6) is -0.0545. The van der Waals surface area contributed by atoms with Crippen molar-refractivity contribution in [1.29, 1.82) is 0 Å². The van der Waals surface area contributed by atoms with Gasteiger partial charge >= 0.3 is 0 Å². The molecule has 118 valence electrons. The Morgan fingerprint density at radius 3 is 2.61 bits per heavy atom. The third-order valence-electron chi connectivity index (χ3n) is 3.58. The summed E-state index contributed by atoms with van der Waals surface area (Å²) in [5.41, 5.74) is 2.70. The number of hydrogen-bond acceptors (Lipinski definition) is 4. The maximum absolute atomic E-state index is 12.9. The van der Waals surface area contributed by atoms with Crippen molar-refractivity contribution < 1.29 is 9.53 Å². The van der Waals surface area contributed by atoms with Gasteiger partial charge in [0.15, 0.2) is 5.13 Å². The molecule has 0 fully saturated rings. The summed E-state index contributed by atoms with van der Waals surface area (Å²) in [6, 6.07) is 15.5. The number of hydrogen-bond donors (Lipinski definition) is 0. The number of nitrogens with zero attached hydrogens (tertiary/aromatic N) is 2. The van der Waals surface area contributed by atoms with Gasteiger partial charge in [0.2, 0.25) is 0 Å². The zero-order valence-corrected chi connectivity index (χ0v) is 14.0. The van der Waals surface area contributed by atoms with Crippen LogP contribution in [0.2, 0.25) is 0 Å². The predicted octanol–water partition coefficient (Wildman–Crippen LogP) is 3.90. The van der Waals surface area contributed by atoms with Gasteiger partial charge in [0.25, 0.3) is 5.91 Å². The van der Waals surface area contributed by atoms with Gasteiger partial charge in [0.05, 0.1) is 23.4 Å². The lowest BCUT2D eigenvalue weighted by molar-refractivity contribution is 0.0976. The zero-order chi connectivity index (χ0) is 16.2. The smallest absolute Gasteiger partial charge is 0.260 e. The summed E-state index contributed by atoms with van der Waals surface area (Å²) in [4.78, 5) is 19.2. The van der Waals surface area contributed by atoms with E-state index in [0.29, 0.717) is 23.8 Å². The van der Waals surface area contributed by atoms with Crippen LogP contribution in [0.4, 0.5) is 5.13 Å². The van der Waals surface area contributed by atoms with E-state index in [-0.39, 0.29) is 5.91 Å². The van der Waals surface area contributed by atoms with Gasteiger partial charge in [-0.3, -0.25) is 9.69 Å². The minimum absolute atomic E-state index is 0.0545. The summed E-state index contributed by atoms with van der Waals surface area (Å²) in [5, 5.41) is 0.703. The van der Waals surface area contributed by atoms with Gasteiger partial charge in [-0.25, -0.2) is 4.98 Å². The normalized spacial score (nSPS) is 10.9. The molecule has 2 aromatic carbocycles. The van der Waals surface area contributed by atoms with E-state index in [1.807, 2.05) is 55.5 Å². The van der Waals surface area contributed by atoms with E-state index >= 15 is 0 Å². The molecule has 0 radical (unpaired) electrons. The van der Waals surface area contributed by atoms with Crippen molar-refractivity contribution >= 4 is 32.6 Å². The molecule has 0 N–H and O–H groups in total. The summed E-state index contributed by atoms with van der Waals surface area (Å²) in [7, 11) is 1.63. The molecule has 0 saturated carbocycles. The number of amides is 1. The Kier molecular flexibility index (Phi) is 4.69. The van der Waals surface area contributed by atoms with E-state index in [1.54, 1.807) is 12.0 Å². The number of benzene rings is 2. The van der Waals surface area contributed by atoms with E-state index in [4.69, 9.17) is 4.74 Å². The van der Waals surface area contributed by atoms with Crippen LogP contribution in [0.1, 0.15) is 15.9 Å².